The summed E-state index contributed by atoms with van der Waals surface area (Å²) in [6, 6.07) is 3.56. The standard InChI is InChI=1S/C27H37N5O3/c1-18-15-29-32(16-18)11-10-30-7-4-26-5-9-31(17-19-2-3-19)24(27(26,35)6-8-30)13-20-12-21(25(28)34)23(33)14-22(20)26/h12,14-16,19,24,33,35H,2-11,13,17H2,1H3,(H2,28,34)/t24-,26+,27-/m1/s1. The molecule has 0 unspecified atom stereocenters. The average Bonchev–Trinajstić information content (AvgIpc) is 3.57. The Balaban J connectivity index is 1.35. The molecule has 1 amide bonds. The lowest BCUT2D eigenvalue weighted by Gasteiger charge is -2.61. The number of likely N-dealkylation sites (tertiary alicyclic amines) is 2. The molecule has 8 heteroatoms. The Morgan fingerprint density at radius 3 is 2.66 bits per heavy atom. The molecule has 2 aliphatic carbocycles. The Morgan fingerprint density at radius 2 is 1.94 bits per heavy atom. The summed E-state index contributed by atoms with van der Waals surface area (Å²) in [6.07, 6.45) is 9.61. The molecule has 188 valence electrons. The van der Waals surface area contributed by atoms with E-state index in [-0.39, 0.29) is 17.4 Å². The molecular weight excluding hydrogens is 442 g/mol. The minimum Gasteiger partial charge on any atom is -0.507 e. The van der Waals surface area contributed by atoms with E-state index >= 15 is 0 Å². The van der Waals surface area contributed by atoms with Gasteiger partial charge in [-0.3, -0.25) is 14.4 Å². The molecule has 6 rings (SSSR count). The maximum absolute atomic E-state index is 12.6. The summed E-state index contributed by atoms with van der Waals surface area (Å²) in [5.74, 6) is 0.0693. The lowest BCUT2D eigenvalue weighted by atomic mass is 9.52. The summed E-state index contributed by atoms with van der Waals surface area (Å²) in [5, 5.41) is 27.7. The van der Waals surface area contributed by atoms with Gasteiger partial charge in [0.25, 0.3) is 5.91 Å². The summed E-state index contributed by atoms with van der Waals surface area (Å²) in [4.78, 5) is 17.0. The third-order valence-corrected chi connectivity index (χ3v) is 9.32. The molecular formula is C27H37N5O3. The van der Waals surface area contributed by atoms with Crippen molar-refractivity contribution in [1.29, 1.82) is 0 Å². The van der Waals surface area contributed by atoms with E-state index in [0.717, 1.165) is 74.7 Å². The average molecular weight is 480 g/mol. The second-order valence-corrected chi connectivity index (χ2v) is 11.4. The molecule has 3 atom stereocenters. The van der Waals surface area contributed by atoms with Crippen molar-refractivity contribution in [3.8, 4) is 5.75 Å². The molecule has 0 radical (unpaired) electrons. The summed E-state index contributed by atoms with van der Waals surface area (Å²) >= 11 is 0. The van der Waals surface area contributed by atoms with Crippen molar-refractivity contribution < 1.29 is 15.0 Å². The Hall–Kier alpha value is -2.42. The minimum atomic E-state index is -0.870. The van der Waals surface area contributed by atoms with Gasteiger partial charge in [0.15, 0.2) is 0 Å². The first-order chi connectivity index (χ1) is 16.8. The highest BCUT2D eigenvalue weighted by Crippen LogP contribution is 2.57. The number of benzene rings is 1. The number of carbonyl (C=O) groups is 1. The molecule has 1 saturated carbocycles. The molecule has 0 spiro atoms. The smallest absolute Gasteiger partial charge is 0.252 e. The van der Waals surface area contributed by atoms with Crippen LogP contribution >= 0.6 is 0 Å². The Bertz CT molecular complexity index is 1140. The number of carbonyl (C=O) groups excluding carboxylic acids is 1. The van der Waals surface area contributed by atoms with Crippen LogP contribution in [0.2, 0.25) is 0 Å². The number of fused-ring (bicyclic) bond motifs is 1. The normalized spacial score (nSPS) is 31.0. The quantitative estimate of drug-likeness (QED) is 0.583. The first-order valence-corrected chi connectivity index (χ1v) is 13.1. The van der Waals surface area contributed by atoms with Crippen molar-refractivity contribution in [1.82, 2.24) is 19.6 Å². The van der Waals surface area contributed by atoms with Crippen molar-refractivity contribution >= 4 is 5.91 Å². The van der Waals surface area contributed by atoms with Crippen LogP contribution in [0, 0.1) is 12.8 Å². The fraction of sp³-hybridized carbons (Fsp3) is 0.630. The van der Waals surface area contributed by atoms with Gasteiger partial charge < -0.3 is 20.8 Å². The van der Waals surface area contributed by atoms with Crippen molar-refractivity contribution in [2.75, 3.05) is 32.7 Å². The molecule has 1 aromatic carbocycles. The minimum absolute atomic E-state index is 0.0170. The Kier molecular flexibility index (Phi) is 5.47. The van der Waals surface area contributed by atoms with Gasteiger partial charge in [-0.15, -0.1) is 0 Å². The Morgan fingerprint density at radius 1 is 1.17 bits per heavy atom. The van der Waals surface area contributed by atoms with Gasteiger partial charge in [0.05, 0.1) is 23.9 Å². The number of amides is 1. The highest BCUT2D eigenvalue weighted by Gasteiger charge is 2.63. The summed E-state index contributed by atoms with van der Waals surface area (Å²) in [7, 11) is 0. The molecule has 2 bridgehead atoms. The molecule has 35 heavy (non-hydrogen) atoms. The monoisotopic (exact) mass is 479 g/mol. The van der Waals surface area contributed by atoms with Crippen LogP contribution in [0.25, 0.3) is 0 Å². The van der Waals surface area contributed by atoms with Crippen molar-refractivity contribution in [3.63, 3.8) is 0 Å². The number of hydrogen-bond acceptors (Lipinski definition) is 6. The number of piperidine rings is 1. The fourth-order valence-corrected chi connectivity index (χ4v) is 7.23. The molecule has 2 aromatic rings. The molecule has 4 aliphatic rings. The number of aliphatic hydroxyl groups is 1. The van der Waals surface area contributed by atoms with Crippen LogP contribution in [0.5, 0.6) is 5.75 Å². The first kappa shape index (κ1) is 23.0. The third-order valence-electron chi connectivity index (χ3n) is 9.32. The summed E-state index contributed by atoms with van der Waals surface area (Å²) < 4.78 is 1.99. The summed E-state index contributed by atoms with van der Waals surface area (Å²) in [6.45, 7) is 7.51. The van der Waals surface area contributed by atoms with Crippen LogP contribution in [0.15, 0.2) is 24.5 Å². The first-order valence-electron chi connectivity index (χ1n) is 13.1. The van der Waals surface area contributed by atoms with Gasteiger partial charge in [0.2, 0.25) is 0 Å². The zero-order valence-electron chi connectivity index (χ0n) is 20.6. The van der Waals surface area contributed by atoms with Crippen LogP contribution in [-0.4, -0.2) is 80.1 Å². The van der Waals surface area contributed by atoms with Gasteiger partial charge in [0, 0.05) is 37.3 Å². The van der Waals surface area contributed by atoms with E-state index in [1.165, 1.54) is 12.8 Å². The second-order valence-electron chi connectivity index (χ2n) is 11.4. The van der Waals surface area contributed by atoms with Gasteiger partial charge in [-0.25, -0.2) is 0 Å². The van der Waals surface area contributed by atoms with Gasteiger partial charge in [0.1, 0.15) is 5.75 Å². The largest absolute Gasteiger partial charge is 0.507 e. The molecule has 1 aromatic heterocycles. The van der Waals surface area contributed by atoms with Gasteiger partial charge in [-0.1, -0.05) is 0 Å². The van der Waals surface area contributed by atoms with Gasteiger partial charge >= 0.3 is 0 Å². The second kappa shape index (κ2) is 8.32. The lowest BCUT2D eigenvalue weighted by Crippen LogP contribution is -2.71. The van der Waals surface area contributed by atoms with Gasteiger partial charge in [-0.05, 0) is 93.3 Å². The van der Waals surface area contributed by atoms with Crippen LogP contribution in [0.4, 0.5) is 0 Å². The molecule has 2 aliphatic heterocycles. The number of hydrogen-bond donors (Lipinski definition) is 3. The maximum atomic E-state index is 12.6. The number of nitrogens with zero attached hydrogens (tertiary/aromatic N) is 4. The van der Waals surface area contributed by atoms with E-state index in [4.69, 9.17) is 5.73 Å². The third kappa shape index (κ3) is 3.77. The van der Waals surface area contributed by atoms with Crippen LogP contribution < -0.4 is 5.73 Å². The molecule has 2 saturated heterocycles. The number of nitrogens with two attached hydrogens (primary N) is 1. The van der Waals surface area contributed by atoms with Crippen LogP contribution in [-0.2, 0) is 18.4 Å². The van der Waals surface area contributed by atoms with Gasteiger partial charge in [-0.2, -0.15) is 5.10 Å². The SMILES string of the molecule is Cc1cnn(CCN2CC[C@]34CCN(CC5CC5)[C@H](Cc5cc(C(N)=O)c(O)cc53)[C@]4(O)CC2)c1. The molecule has 4 N–H and O–H groups in total. The van der Waals surface area contributed by atoms with Crippen LogP contribution in [0.3, 0.4) is 0 Å². The fourth-order valence-electron chi connectivity index (χ4n) is 7.23. The van der Waals surface area contributed by atoms with E-state index in [2.05, 4.69) is 28.0 Å². The lowest BCUT2D eigenvalue weighted by molar-refractivity contribution is -0.149. The van der Waals surface area contributed by atoms with E-state index < -0.39 is 16.9 Å². The van der Waals surface area contributed by atoms with E-state index in [9.17, 15) is 15.0 Å². The molecule has 8 nitrogen and oxygen atoms in total. The predicted octanol–water partition coefficient (Wildman–Crippen LogP) is 1.80. The van der Waals surface area contributed by atoms with E-state index in [0.29, 0.717) is 12.8 Å². The number of aromatic nitrogens is 2. The number of aryl methyl sites for hydroxylation is 1. The number of rotatable bonds is 6. The highest BCUT2D eigenvalue weighted by atomic mass is 16.3. The van der Waals surface area contributed by atoms with Crippen molar-refractivity contribution in [2.45, 2.75) is 69.1 Å². The molecule has 3 heterocycles. The van der Waals surface area contributed by atoms with E-state index in [1.54, 1.807) is 12.1 Å². The topological polar surface area (TPSA) is 108 Å². The summed E-state index contributed by atoms with van der Waals surface area (Å²) in [5.41, 5.74) is 7.70. The predicted molar refractivity (Wildman–Crippen MR) is 132 cm³/mol. The Labute approximate surface area is 206 Å². The van der Waals surface area contributed by atoms with Crippen molar-refractivity contribution in [2.24, 2.45) is 11.7 Å². The van der Waals surface area contributed by atoms with Crippen LogP contribution in [0.1, 0.15) is 59.2 Å². The highest BCUT2D eigenvalue weighted by molar-refractivity contribution is 5.96. The zero-order valence-corrected chi connectivity index (χ0v) is 20.6. The number of phenols is 1. The maximum Gasteiger partial charge on any atom is 0.252 e. The zero-order chi connectivity index (χ0) is 24.4. The van der Waals surface area contributed by atoms with Crippen molar-refractivity contribution in [3.05, 3.63) is 46.8 Å². The number of aromatic hydroxyl groups is 1. The molecule has 3 fully saturated rings. The number of primary amides is 1. The van der Waals surface area contributed by atoms with E-state index in [1.807, 2.05) is 10.9 Å².